The van der Waals surface area contributed by atoms with E-state index in [1.165, 1.54) is 16.2 Å². The second-order valence-corrected chi connectivity index (χ2v) is 9.17. The summed E-state index contributed by atoms with van der Waals surface area (Å²) in [6, 6.07) is 3.56. The Morgan fingerprint density at radius 1 is 1.39 bits per heavy atom. The topological polar surface area (TPSA) is 87.9 Å². The third-order valence-electron chi connectivity index (χ3n) is 4.24. The van der Waals surface area contributed by atoms with Crippen LogP contribution in [0, 0.1) is 16.9 Å². The molecule has 1 aromatic heterocycles. The van der Waals surface area contributed by atoms with Crippen LogP contribution in [0.5, 0.6) is 5.75 Å². The van der Waals surface area contributed by atoms with Gasteiger partial charge in [0.25, 0.3) is 0 Å². The van der Waals surface area contributed by atoms with Gasteiger partial charge in [0, 0.05) is 13.1 Å². The Hall–Kier alpha value is -2.22. The number of fused-ring (bicyclic) bond motifs is 1. The number of carbonyl (C=O) groups excluding carboxylic acids is 1. The number of hydrogen-bond donors (Lipinski definition) is 1. The summed E-state index contributed by atoms with van der Waals surface area (Å²) < 4.78 is 11.8. The third-order valence-corrected chi connectivity index (χ3v) is 5.33. The van der Waals surface area contributed by atoms with E-state index in [2.05, 4.69) is 37.8 Å². The SMILES string of the molecule is CCOC(=O)N(C)c1nc2cc(OCCC(C)CC(C)(C)C)c(N=N)cc2s1. The normalized spacial score (nSPS) is 12.6. The van der Waals surface area contributed by atoms with Crippen LogP contribution in [0.2, 0.25) is 0 Å². The van der Waals surface area contributed by atoms with Crippen molar-refractivity contribution < 1.29 is 14.3 Å². The molecule has 2 aromatic rings. The summed E-state index contributed by atoms with van der Waals surface area (Å²) in [6.07, 6.45) is 1.61. The Bertz CT molecular complexity index is 829. The lowest BCUT2D eigenvalue weighted by atomic mass is 9.84. The molecule has 0 saturated heterocycles. The van der Waals surface area contributed by atoms with E-state index in [0.717, 1.165) is 17.5 Å². The standard InChI is InChI=1S/C20H30N4O3S/c1-7-26-19(25)24(6)18-22-15-10-16(14(23-21)11-17(15)28-18)27-9-8-13(2)12-20(3,4)5/h10-11,13,21H,7-9,12H2,1-6H3. The lowest BCUT2D eigenvalue weighted by Crippen LogP contribution is -2.26. The van der Waals surface area contributed by atoms with Gasteiger partial charge in [-0.05, 0) is 37.2 Å². The molecule has 7 nitrogen and oxygen atoms in total. The molecule has 0 bridgehead atoms. The number of ether oxygens (including phenoxy) is 2. The zero-order valence-electron chi connectivity index (χ0n) is 17.5. The van der Waals surface area contributed by atoms with Crippen LogP contribution in [0.15, 0.2) is 17.2 Å². The number of carbonyl (C=O) groups is 1. The molecule has 28 heavy (non-hydrogen) atoms. The highest BCUT2D eigenvalue weighted by Crippen LogP contribution is 2.37. The summed E-state index contributed by atoms with van der Waals surface area (Å²) in [5, 5.41) is 4.12. The zero-order valence-corrected chi connectivity index (χ0v) is 18.4. The maximum Gasteiger partial charge on any atom is 0.415 e. The van der Waals surface area contributed by atoms with Gasteiger partial charge in [0.2, 0.25) is 0 Å². The summed E-state index contributed by atoms with van der Waals surface area (Å²) in [5.74, 6) is 1.09. The van der Waals surface area contributed by atoms with E-state index in [0.29, 0.717) is 46.6 Å². The van der Waals surface area contributed by atoms with Crippen LogP contribution in [-0.2, 0) is 4.74 Å². The number of nitrogens with zero attached hydrogens (tertiary/aromatic N) is 3. The molecule has 0 spiro atoms. The van der Waals surface area contributed by atoms with Gasteiger partial charge in [0.05, 0.1) is 23.4 Å². The van der Waals surface area contributed by atoms with E-state index in [9.17, 15) is 4.79 Å². The summed E-state index contributed by atoms with van der Waals surface area (Å²) in [7, 11) is 1.62. The first-order chi connectivity index (χ1) is 13.1. The lowest BCUT2D eigenvalue weighted by Gasteiger charge is -2.23. The van der Waals surface area contributed by atoms with Crippen molar-refractivity contribution in [1.82, 2.24) is 4.98 Å². The van der Waals surface area contributed by atoms with Gasteiger partial charge < -0.3 is 9.47 Å². The average molecular weight is 407 g/mol. The third kappa shape index (κ3) is 5.89. The highest BCUT2D eigenvalue weighted by Gasteiger charge is 2.19. The highest BCUT2D eigenvalue weighted by molar-refractivity contribution is 7.22. The minimum Gasteiger partial charge on any atom is -0.491 e. The number of aromatic nitrogens is 1. The zero-order chi connectivity index (χ0) is 20.9. The molecule has 0 saturated carbocycles. The van der Waals surface area contributed by atoms with E-state index in [1.54, 1.807) is 26.1 Å². The van der Waals surface area contributed by atoms with Crippen LogP contribution >= 0.6 is 11.3 Å². The van der Waals surface area contributed by atoms with Crippen molar-refractivity contribution in [1.29, 1.82) is 5.53 Å². The first-order valence-corrected chi connectivity index (χ1v) is 10.3. The number of nitrogens with one attached hydrogen (secondary N) is 1. The number of benzene rings is 1. The predicted octanol–water partition coefficient (Wildman–Crippen LogP) is 6.39. The van der Waals surface area contributed by atoms with Crippen molar-refractivity contribution >= 4 is 38.5 Å². The molecule has 0 fully saturated rings. The van der Waals surface area contributed by atoms with Crippen LogP contribution in [0.25, 0.3) is 10.2 Å². The predicted molar refractivity (Wildman–Crippen MR) is 113 cm³/mol. The van der Waals surface area contributed by atoms with Crippen molar-refractivity contribution in [2.75, 3.05) is 25.2 Å². The smallest absolute Gasteiger partial charge is 0.415 e. The molecule has 1 unspecified atom stereocenters. The van der Waals surface area contributed by atoms with Gasteiger partial charge in [0.15, 0.2) is 5.13 Å². The van der Waals surface area contributed by atoms with Crippen LogP contribution in [0.4, 0.5) is 15.6 Å². The molecule has 0 aliphatic heterocycles. The summed E-state index contributed by atoms with van der Waals surface area (Å²) in [6.45, 7) is 11.6. The number of rotatable bonds is 8. The monoisotopic (exact) mass is 406 g/mol. The van der Waals surface area contributed by atoms with E-state index in [4.69, 9.17) is 15.0 Å². The molecule has 1 aromatic carbocycles. The number of anilines is 1. The molecular formula is C20H30N4O3S. The van der Waals surface area contributed by atoms with Gasteiger partial charge in [-0.3, -0.25) is 4.90 Å². The largest absolute Gasteiger partial charge is 0.491 e. The van der Waals surface area contributed by atoms with E-state index < -0.39 is 6.09 Å². The minimum atomic E-state index is -0.448. The molecule has 0 aliphatic rings. The molecule has 154 valence electrons. The molecular weight excluding hydrogens is 376 g/mol. The quantitative estimate of drug-likeness (QED) is 0.514. The van der Waals surface area contributed by atoms with E-state index >= 15 is 0 Å². The van der Waals surface area contributed by atoms with Crippen molar-refractivity contribution in [2.24, 2.45) is 16.4 Å². The van der Waals surface area contributed by atoms with E-state index in [-0.39, 0.29) is 0 Å². The molecule has 0 radical (unpaired) electrons. The molecule has 1 atom stereocenters. The maximum atomic E-state index is 11.9. The molecule has 1 heterocycles. The Labute approximate surface area is 170 Å². The molecule has 2 rings (SSSR count). The van der Waals surface area contributed by atoms with Gasteiger partial charge in [-0.25, -0.2) is 15.3 Å². The van der Waals surface area contributed by atoms with E-state index in [1.807, 2.05) is 0 Å². The number of thiazole rings is 1. The average Bonchev–Trinajstić information content (AvgIpc) is 3.01. The number of amides is 1. The molecule has 8 heteroatoms. The highest BCUT2D eigenvalue weighted by atomic mass is 32.1. The van der Waals surface area contributed by atoms with Gasteiger partial charge in [-0.15, -0.1) is 0 Å². The van der Waals surface area contributed by atoms with Crippen LogP contribution in [-0.4, -0.2) is 31.3 Å². The van der Waals surface area contributed by atoms with Gasteiger partial charge in [-0.1, -0.05) is 39.0 Å². The fourth-order valence-corrected chi connectivity index (χ4v) is 4.03. The molecule has 1 N–H and O–H groups in total. The Kier molecular flexibility index (Phi) is 7.35. The maximum absolute atomic E-state index is 11.9. The van der Waals surface area contributed by atoms with Crippen LogP contribution in [0.1, 0.15) is 47.5 Å². The van der Waals surface area contributed by atoms with Crippen molar-refractivity contribution in [3.05, 3.63) is 12.1 Å². The Morgan fingerprint density at radius 2 is 2.11 bits per heavy atom. The van der Waals surface area contributed by atoms with Crippen molar-refractivity contribution in [2.45, 2.75) is 47.5 Å². The first-order valence-electron chi connectivity index (χ1n) is 9.50. The van der Waals surface area contributed by atoms with Crippen LogP contribution in [0.3, 0.4) is 0 Å². The second-order valence-electron chi connectivity index (χ2n) is 8.16. The molecule has 0 aliphatic carbocycles. The van der Waals surface area contributed by atoms with Gasteiger partial charge >= 0.3 is 6.09 Å². The number of hydrogen-bond acceptors (Lipinski definition) is 7. The summed E-state index contributed by atoms with van der Waals surface area (Å²) in [5.41, 5.74) is 8.92. The Morgan fingerprint density at radius 3 is 2.71 bits per heavy atom. The minimum absolute atomic E-state index is 0.294. The van der Waals surface area contributed by atoms with Gasteiger partial charge in [0.1, 0.15) is 11.4 Å². The van der Waals surface area contributed by atoms with Crippen molar-refractivity contribution in [3.63, 3.8) is 0 Å². The fraction of sp³-hybridized carbons (Fsp3) is 0.600. The lowest BCUT2D eigenvalue weighted by molar-refractivity contribution is 0.161. The van der Waals surface area contributed by atoms with Crippen molar-refractivity contribution in [3.8, 4) is 5.75 Å². The summed E-state index contributed by atoms with van der Waals surface area (Å²) in [4.78, 5) is 17.8. The summed E-state index contributed by atoms with van der Waals surface area (Å²) >= 11 is 1.35. The second kappa shape index (κ2) is 9.32. The van der Waals surface area contributed by atoms with Crippen LogP contribution < -0.4 is 9.64 Å². The first kappa shape index (κ1) is 22.1. The fourth-order valence-electron chi connectivity index (χ4n) is 3.09. The molecule has 1 amide bonds. The van der Waals surface area contributed by atoms with Gasteiger partial charge in [-0.2, -0.15) is 5.11 Å². The Balaban J connectivity index is 2.13.